The molecule has 0 bridgehead atoms. The van der Waals surface area contributed by atoms with Crippen LogP contribution in [0, 0.1) is 11.8 Å². The van der Waals surface area contributed by atoms with E-state index in [0.717, 1.165) is 25.8 Å². The highest BCUT2D eigenvalue weighted by Crippen LogP contribution is 2.52. The zero-order valence-electron chi connectivity index (χ0n) is 17.7. The number of hydrogen-bond acceptors (Lipinski definition) is 3. The lowest BCUT2D eigenvalue weighted by atomic mass is 9.73. The third-order valence-electron chi connectivity index (χ3n) is 6.94. The largest absolute Gasteiger partial charge is 0.356 e. The monoisotopic (exact) mass is 418 g/mol. The second-order valence-electron chi connectivity index (χ2n) is 9.79. The Bertz CT molecular complexity index is 853. The molecule has 1 aromatic carbocycles. The highest BCUT2D eigenvalue weighted by atomic mass is 32.2. The van der Waals surface area contributed by atoms with Crippen LogP contribution in [0.1, 0.15) is 69.4 Å². The first-order valence-corrected chi connectivity index (χ1v) is 12.7. The summed E-state index contributed by atoms with van der Waals surface area (Å²) in [5.41, 5.74) is 2.66. The lowest BCUT2D eigenvalue weighted by Gasteiger charge is -2.40. The molecule has 1 saturated heterocycles. The number of carbonyl (C=O) groups excluding carboxylic acids is 1. The highest BCUT2D eigenvalue weighted by Gasteiger charge is 2.47. The van der Waals surface area contributed by atoms with Crippen LogP contribution in [0.25, 0.3) is 0 Å². The summed E-state index contributed by atoms with van der Waals surface area (Å²) >= 11 is 0. The van der Waals surface area contributed by atoms with Gasteiger partial charge in [-0.2, -0.15) is 0 Å². The van der Waals surface area contributed by atoms with E-state index in [-0.39, 0.29) is 28.9 Å². The van der Waals surface area contributed by atoms with Gasteiger partial charge in [-0.25, -0.2) is 12.7 Å². The van der Waals surface area contributed by atoms with Gasteiger partial charge in [-0.05, 0) is 66.4 Å². The van der Waals surface area contributed by atoms with Gasteiger partial charge in [-0.3, -0.25) is 4.79 Å². The van der Waals surface area contributed by atoms with E-state index in [4.69, 9.17) is 0 Å². The van der Waals surface area contributed by atoms with E-state index in [1.807, 2.05) is 13.8 Å². The smallest absolute Gasteiger partial charge is 0.220 e. The van der Waals surface area contributed by atoms with Gasteiger partial charge in [0.1, 0.15) is 0 Å². The van der Waals surface area contributed by atoms with Crippen molar-refractivity contribution in [2.24, 2.45) is 11.8 Å². The van der Waals surface area contributed by atoms with E-state index in [1.165, 1.54) is 24.0 Å². The number of benzene rings is 1. The van der Waals surface area contributed by atoms with Gasteiger partial charge in [0, 0.05) is 26.1 Å². The second-order valence-corrected chi connectivity index (χ2v) is 11.8. The van der Waals surface area contributed by atoms with Crippen LogP contribution in [0.5, 0.6) is 0 Å². The Labute approximate surface area is 175 Å². The van der Waals surface area contributed by atoms with E-state index >= 15 is 0 Å². The molecule has 2 fully saturated rings. The molecular formula is C23H34N2O3S. The van der Waals surface area contributed by atoms with Crippen molar-refractivity contribution in [3.05, 3.63) is 35.4 Å². The molecule has 1 aromatic rings. The van der Waals surface area contributed by atoms with E-state index < -0.39 is 10.0 Å². The van der Waals surface area contributed by atoms with Crippen molar-refractivity contribution in [1.29, 1.82) is 0 Å². The summed E-state index contributed by atoms with van der Waals surface area (Å²) in [5.74, 6) is 1.45. The van der Waals surface area contributed by atoms with Crippen molar-refractivity contribution in [3.63, 3.8) is 0 Å². The molecule has 0 aromatic heterocycles. The summed E-state index contributed by atoms with van der Waals surface area (Å²) in [6.07, 6.45) is 5.68. The quantitative estimate of drug-likeness (QED) is 0.738. The maximum Gasteiger partial charge on any atom is 0.220 e. The molecule has 1 atom stereocenters. The van der Waals surface area contributed by atoms with Crippen LogP contribution in [0.15, 0.2) is 24.3 Å². The zero-order chi connectivity index (χ0) is 20.6. The Balaban J connectivity index is 1.45. The Morgan fingerprint density at radius 3 is 2.55 bits per heavy atom. The fourth-order valence-corrected chi connectivity index (χ4v) is 7.07. The van der Waals surface area contributed by atoms with Crippen LogP contribution >= 0.6 is 0 Å². The molecule has 160 valence electrons. The van der Waals surface area contributed by atoms with Gasteiger partial charge in [0.25, 0.3) is 0 Å². The molecular weight excluding hydrogens is 384 g/mol. The van der Waals surface area contributed by atoms with E-state index in [1.54, 1.807) is 4.31 Å². The number of amides is 1. The van der Waals surface area contributed by atoms with Gasteiger partial charge >= 0.3 is 0 Å². The molecule has 5 nitrogen and oxygen atoms in total. The van der Waals surface area contributed by atoms with Crippen molar-refractivity contribution in [1.82, 2.24) is 9.62 Å². The molecule has 1 aliphatic heterocycles. The third kappa shape index (κ3) is 4.53. The molecule has 1 spiro atoms. The number of nitrogens with one attached hydrogen (secondary N) is 1. The number of nitrogens with zero attached hydrogens (tertiary/aromatic N) is 1. The van der Waals surface area contributed by atoms with E-state index in [9.17, 15) is 13.2 Å². The fraction of sp³-hybridized carbons (Fsp3) is 0.696. The average molecular weight is 419 g/mol. The molecule has 3 aliphatic rings. The van der Waals surface area contributed by atoms with Crippen molar-refractivity contribution in [3.8, 4) is 0 Å². The molecule has 1 heterocycles. The summed E-state index contributed by atoms with van der Waals surface area (Å²) < 4.78 is 27.0. The van der Waals surface area contributed by atoms with Crippen molar-refractivity contribution in [2.75, 3.05) is 25.4 Å². The van der Waals surface area contributed by atoms with E-state index in [2.05, 4.69) is 29.6 Å². The maximum atomic E-state index is 12.7. The van der Waals surface area contributed by atoms with Gasteiger partial charge in [0.05, 0.1) is 5.75 Å². The minimum absolute atomic E-state index is 0.0158. The fourth-order valence-electron chi connectivity index (χ4n) is 5.28. The van der Waals surface area contributed by atoms with Crippen molar-refractivity contribution < 1.29 is 13.2 Å². The number of rotatable bonds is 7. The Morgan fingerprint density at radius 1 is 1.21 bits per heavy atom. The van der Waals surface area contributed by atoms with Gasteiger partial charge < -0.3 is 5.32 Å². The van der Waals surface area contributed by atoms with Crippen LogP contribution in [-0.4, -0.2) is 44.0 Å². The predicted molar refractivity (Wildman–Crippen MR) is 115 cm³/mol. The molecule has 0 unspecified atom stereocenters. The standard InChI is InChI=1S/C23H34N2O3S/c1-17(2)16-29(27,28)25-11-9-23(10-12-25)14-19(20-5-3-4-6-21(20)23)13-22(26)24-15-18-7-8-18/h3-6,17-19H,7-16H2,1-2H3,(H,24,26)/t19-/m0/s1. The molecule has 6 heteroatoms. The Morgan fingerprint density at radius 2 is 1.90 bits per heavy atom. The SMILES string of the molecule is CC(C)CS(=O)(=O)N1CCC2(CC1)C[C@H](CC(=O)NCC1CC1)c1ccccc12. The minimum Gasteiger partial charge on any atom is -0.356 e. The Kier molecular flexibility index (Phi) is 5.77. The Hall–Kier alpha value is -1.40. The van der Waals surface area contributed by atoms with Crippen LogP contribution in [0.4, 0.5) is 0 Å². The molecule has 1 N–H and O–H groups in total. The number of carbonyl (C=O) groups is 1. The number of fused-ring (bicyclic) bond motifs is 2. The van der Waals surface area contributed by atoms with Gasteiger partial charge in [-0.1, -0.05) is 38.1 Å². The number of piperidine rings is 1. The normalized spacial score (nSPS) is 24.0. The molecule has 0 radical (unpaired) electrons. The first kappa shape index (κ1) is 20.9. The lowest BCUT2D eigenvalue weighted by Crippen LogP contribution is -2.45. The molecule has 4 rings (SSSR count). The molecule has 1 amide bonds. The number of hydrogen-bond donors (Lipinski definition) is 1. The van der Waals surface area contributed by atoms with Crippen LogP contribution in [0.2, 0.25) is 0 Å². The van der Waals surface area contributed by atoms with Crippen molar-refractivity contribution in [2.45, 2.75) is 63.7 Å². The lowest BCUT2D eigenvalue weighted by molar-refractivity contribution is -0.121. The predicted octanol–water partition coefficient (Wildman–Crippen LogP) is 3.41. The summed E-state index contributed by atoms with van der Waals surface area (Å²) in [7, 11) is -3.18. The maximum absolute atomic E-state index is 12.7. The van der Waals surface area contributed by atoms with Gasteiger partial charge in [0.15, 0.2) is 0 Å². The van der Waals surface area contributed by atoms with Crippen LogP contribution in [-0.2, 0) is 20.2 Å². The molecule has 29 heavy (non-hydrogen) atoms. The summed E-state index contributed by atoms with van der Waals surface area (Å²) in [6.45, 7) is 5.90. The minimum atomic E-state index is -3.18. The zero-order valence-corrected chi connectivity index (χ0v) is 18.5. The van der Waals surface area contributed by atoms with Gasteiger partial charge in [-0.15, -0.1) is 0 Å². The summed E-state index contributed by atoms with van der Waals surface area (Å²) in [4.78, 5) is 12.5. The number of sulfonamides is 1. The highest BCUT2D eigenvalue weighted by molar-refractivity contribution is 7.89. The topological polar surface area (TPSA) is 66.5 Å². The first-order chi connectivity index (χ1) is 13.8. The van der Waals surface area contributed by atoms with Gasteiger partial charge in [0.2, 0.25) is 15.9 Å². The average Bonchev–Trinajstić information content (AvgIpc) is 3.45. The van der Waals surface area contributed by atoms with Crippen LogP contribution in [0.3, 0.4) is 0 Å². The van der Waals surface area contributed by atoms with Crippen LogP contribution < -0.4 is 5.32 Å². The first-order valence-electron chi connectivity index (χ1n) is 11.1. The molecule has 2 aliphatic carbocycles. The molecule has 1 saturated carbocycles. The second kappa shape index (κ2) is 8.03. The summed E-state index contributed by atoms with van der Waals surface area (Å²) in [5, 5.41) is 3.11. The third-order valence-corrected chi connectivity index (χ3v) is 9.18. The summed E-state index contributed by atoms with van der Waals surface area (Å²) in [6, 6.07) is 8.52. The van der Waals surface area contributed by atoms with Crippen molar-refractivity contribution >= 4 is 15.9 Å². The van der Waals surface area contributed by atoms with E-state index in [0.29, 0.717) is 25.4 Å².